The van der Waals surface area contributed by atoms with E-state index in [0.29, 0.717) is 25.3 Å². The van der Waals surface area contributed by atoms with Gasteiger partial charge in [-0.1, -0.05) is 6.92 Å². The van der Waals surface area contributed by atoms with Crippen molar-refractivity contribution in [2.45, 2.75) is 33.3 Å². The third-order valence-electron chi connectivity index (χ3n) is 4.04. The topological polar surface area (TPSA) is 93.0 Å². The average molecular weight is 335 g/mol. The van der Waals surface area contributed by atoms with Gasteiger partial charge in [-0.2, -0.15) is 0 Å². The first-order valence-corrected chi connectivity index (χ1v) is 7.97. The van der Waals surface area contributed by atoms with E-state index in [1.807, 2.05) is 20.8 Å². The maximum Gasteiger partial charge on any atom is 0.271 e. The Morgan fingerprint density at radius 3 is 2.54 bits per heavy atom. The number of amides is 2. The Morgan fingerprint density at radius 2 is 2.00 bits per heavy atom. The van der Waals surface area contributed by atoms with Gasteiger partial charge in [-0.25, -0.2) is 0 Å². The molecule has 0 spiro atoms. The normalized spacial score (nSPS) is 16.4. The molecule has 0 aromatic heterocycles. The first-order valence-electron chi connectivity index (χ1n) is 7.97. The fraction of sp³-hybridized carbons (Fsp3) is 0.500. The molecule has 1 unspecified atom stereocenters. The van der Waals surface area contributed by atoms with Gasteiger partial charge >= 0.3 is 0 Å². The number of rotatable bonds is 6. The lowest BCUT2D eigenvalue weighted by Crippen LogP contribution is -2.50. The molecule has 0 saturated carbocycles. The standard InChI is InChI=1S/C16H21N3O5/c1-4-13-16(21)18(10-15(20)17(5-2)6-3)12-9-11(19(22)23)7-8-14(12)24-13/h7-9,13H,4-6,10H2,1-3H3. The van der Waals surface area contributed by atoms with Crippen LogP contribution in [-0.4, -0.2) is 47.4 Å². The SMILES string of the molecule is CCC1Oc2ccc([N+](=O)[O-])cc2N(CC(=O)N(CC)CC)C1=O. The van der Waals surface area contributed by atoms with E-state index in [1.165, 1.54) is 23.1 Å². The summed E-state index contributed by atoms with van der Waals surface area (Å²) in [4.78, 5) is 38.4. The van der Waals surface area contributed by atoms with Gasteiger partial charge in [0, 0.05) is 25.2 Å². The third-order valence-corrected chi connectivity index (χ3v) is 4.04. The lowest BCUT2D eigenvalue weighted by Gasteiger charge is -2.34. The molecule has 0 N–H and O–H groups in total. The van der Waals surface area contributed by atoms with E-state index in [1.54, 1.807) is 4.90 Å². The van der Waals surface area contributed by atoms with Crippen LogP contribution in [0.5, 0.6) is 5.75 Å². The van der Waals surface area contributed by atoms with Crippen molar-refractivity contribution in [2.75, 3.05) is 24.5 Å². The second-order valence-corrected chi connectivity index (χ2v) is 5.41. The fourth-order valence-corrected chi connectivity index (χ4v) is 2.66. The third kappa shape index (κ3) is 3.32. The van der Waals surface area contributed by atoms with Crippen LogP contribution in [0.15, 0.2) is 18.2 Å². The van der Waals surface area contributed by atoms with E-state index in [2.05, 4.69) is 0 Å². The number of benzene rings is 1. The van der Waals surface area contributed by atoms with E-state index < -0.39 is 11.0 Å². The largest absolute Gasteiger partial charge is 0.478 e. The van der Waals surface area contributed by atoms with Crippen molar-refractivity contribution in [1.29, 1.82) is 0 Å². The monoisotopic (exact) mass is 335 g/mol. The smallest absolute Gasteiger partial charge is 0.271 e. The summed E-state index contributed by atoms with van der Waals surface area (Å²) in [6.45, 7) is 6.43. The van der Waals surface area contributed by atoms with Gasteiger partial charge in [-0.05, 0) is 26.3 Å². The summed E-state index contributed by atoms with van der Waals surface area (Å²) in [5.41, 5.74) is 0.111. The molecular weight excluding hydrogens is 314 g/mol. The van der Waals surface area contributed by atoms with Crippen LogP contribution >= 0.6 is 0 Å². The zero-order valence-electron chi connectivity index (χ0n) is 14.0. The Bertz CT molecular complexity index is 657. The fourth-order valence-electron chi connectivity index (χ4n) is 2.66. The molecule has 0 aliphatic carbocycles. The summed E-state index contributed by atoms with van der Waals surface area (Å²) in [6, 6.07) is 4.07. The number of nitro benzene ring substituents is 1. The average Bonchev–Trinajstić information content (AvgIpc) is 2.57. The molecule has 2 rings (SSSR count). The first-order chi connectivity index (χ1) is 11.4. The van der Waals surface area contributed by atoms with Crippen LogP contribution in [0.1, 0.15) is 27.2 Å². The minimum atomic E-state index is -0.691. The molecule has 8 heteroatoms. The number of fused-ring (bicyclic) bond motifs is 1. The van der Waals surface area contributed by atoms with Gasteiger partial charge in [0.2, 0.25) is 5.91 Å². The molecule has 1 aromatic carbocycles. The highest BCUT2D eigenvalue weighted by Gasteiger charge is 2.36. The molecule has 8 nitrogen and oxygen atoms in total. The molecule has 0 fully saturated rings. The molecule has 0 radical (unpaired) electrons. The highest BCUT2D eigenvalue weighted by Crippen LogP contribution is 2.37. The number of carbonyl (C=O) groups excluding carboxylic acids is 2. The van der Waals surface area contributed by atoms with Gasteiger partial charge in [0.05, 0.1) is 10.6 Å². The van der Waals surface area contributed by atoms with E-state index in [-0.39, 0.29) is 29.7 Å². The van der Waals surface area contributed by atoms with Crippen molar-refractivity contribution in [3.05, 3.63) is 28.3 Å². The van der Waals surface area contributed by atoms with Crippen molar-refractivity contribution in [1.82, 2.24) is 4.90 Å². The van der Waals surface area contributed by atoms with Crippen molar-refractivity contribution >= 4 is 23.2 Å². The predicted molar refractivity (Wildman–Crippen MR) is 88.1 cm³/mol. The maximum atomic E-state index is 12.6. The Hall–Kier alpha value is -2.64. The molecule has 0 saturated heterocycles. The van der Waals surface area contributed by atoms with Gasteiger partial charge in [-0.3, -0.25) is 24.6 Å². The minimum Gasteiger partial charge on any atom is -0.478 e. The summed E-state index contributed by atoms with van der Waals surface area (Å²) in [5, 5.41) is 11.0. The number of non-ortho nitro benzene ring substituents is 1. The van der Waals surface area contributed by atoms with Crippen LogP contribution in [0.25, 0.3) is 0 Å². The van der Waals surface area contributed by atoms with Gasteiger partial charge < -0.3 is 9.64 Å². The molecule has 1 aliphatic heterocycles. The second-order valence-electron chi connectivity index (χ2n) is 5.41. The Morgan fingerprint density at radius 1 is 1.33 bits per heavy atom. The molecule has 24 heavy (non-hydrogen) atoms. The van der Waals surface area contributed by atoms with E-state index >= 15 is 0 Å². The molecule has 1 heterocycles. The first kappa shape index (κ1) is 17.7. The number of nitrogens with zero attached hydrogens (tertiary/aromatic N) is 3. The van der Waals surface area contributed by atoms with Crippen molar-refractivity contribution in [3.8, 4) is 5.75 Å². The zero-order chi connectivity index (χ0) is 17.9. The number of ether oxygens (including phenoxy) is 1. The summed E-state index contributed by atoms with van der Waals surface area (Å²) in [5.74, 6) is -0.187. The lowest BCUT2D eigenvalue weighted by molar-refractivity contribution is -0.384. The molecule has 130 valence electrons. The Balaban J connectivity index is 2.41. The van der Waals surface area contributed by atoms with E-state index in [9.17, 15) is 19.7 Å². The quantitative estimate of drug-likeness (QED) is 0.585. The van der Waals surface area contributed by atoms with Gasteiger partial charge in [-0.15, -0.1) is 0 Å². The molecular formula is C16H21N3O5. The number of hydrogen-bond acceptors (Lipinski definition) is 5. The van der Waals surface area contributed by atoms with Gasteiger partial charge in [0.1, 0.15) is 12.3 Å². The molecule has 1 aliphatic rings. The van der Waals surface area contributed by atoms with E-state index in [4.69, 9.17) is 4.74 Å². The van der Waals surface area contributed by atoms with Crippen LogP contribution in [0.2, 0.25) is 0 Å². The maximum absolute atomic E-state index is 12.6. The number of carbonyl (C=O) groups is 2. The molecule has 0 bridgehead atoms. The number of anilines is 1. The Kier molecular flexibility index (Phi) is 5.38. The summed E-state index contributed by atoms with van der Waals surface area (Å²) in [6.07, 6.45) is -0.242. The number of hydrogen-bond donors (Lipinski definition) is 0. The predicted octanol–water partition coefficient (Wildman–Crippen LogP) is 1.97. The summed E-state index contributed by atoms with van der Waals surface area (Å²) < 4.78 is 5.61. The van der Waals surface area contributed by atoms with Crippen LogP contribution < -0.4 is 9.64 Å². The van der Waals surface area contributed by atoms with Crippen molar-refractivity contribution in [3.63, 3.8) is 0 Å². The van der Waals surface area contributed by atoms with Gasteiger partial charge in [0.15, 0.2) is 6.10 Å². The molecule has 2 amide bonds. The Labute approximate surface area is 140 Å². The summed E-state index contributed by atoms with van der Waals surface area (Å²) >= 11 is 0. The number of nitro groups is 1. The number of likely N-dealkylation sites (N-methyl/N-ethyl adjacent to an activating group) is 1. The van der Waals surface area contributed by atoms with Crippen molar-refractivity contribution in [2.24, 2.45) is 0 Å². The zero-order valence-corrected chi connectivity index (χ0v) is 14.0. The molecule has 1 atom stereocenters. The molecule has 1 aromatic rings. The van der Waals surface area contributed by atoms with Crippen LogP contribution in [0, 0.1) is 10.1 Å². The minimum absolute atomic E-state index is 0.152. The van der Waals surface area contributed by atoms with Crippen molar-refractivity contribution < 1.29 is 19.2 Å². The van der Waals surface area contributed by atoms with Crippen LogP contribution in [0.4, 0.5) is 11.4 Å². The van der Waals surface area contributed by atoms with Crippen LogP contribution in [-0.2, 0) is 9.59 Å². The second kappa shape index (κ2) is 7.29. The van der Waals surface area contributed by atoms with Crippen LogP contribution in [0.3, 0.4) is 0 Å². The van der Waals surface area contributed by atoms with Gasteiger partial charge in [0.25, 0.3) is 11.6 Å². The highest BCUT2D eigenvalue weighted by molar-refractivity contribution is 6.04. The lowest BCUT2D eigenvalue weighted by atomic mass is 10.1. The highest BCUT2D eigenvalue weighted by atomic mass is 16.6. The summed E-state index contributed by atoms with van der Waals surface area (Å²) in [7, 11) is 0. The van der Waals surface area contributed by atoms with E-state index in [0.717, 1.165) is 0 Å².